The molecule has 17 heavy (non-hydrogen) atoms. The number of H-pyrrole nitrogens is 1. The van der Waals surface area contributed by atoms with Crippen molar-refractivity contribution in [3.05, 3.63) is 17.8 Å². The Bertz CT molecular complexity index is 604. The summed E-state index contributed by atoms with van der Waals surface area (Å²) in [7, 11) is 0. The molecular formula is C11H12N4O2. The zero-order valence-electron chi connectivity index (χ0n) is 9.51. The molecule has 1 aliphatic rings. The van der Waals surface area contributed by atoms with Crippen LogP contribution in [0.25, 0.3) is 11.2 Å². The molecule has 6 nitrogen and oxygen atoms in total. The summed E-state index contributed by atoms with van der Waals surface area (Å²) in [6.45, 7) is 3.92. The highest BCUT2D eigenvalue weighted by atomic mass is 16.4. The molecule has 0 bridgehead atoms. The second-order valence-electron chi connectivity index (χ2n) is 5.05. The SMILES string of the molecule is CC1(C)[C@H](C(=O)O)[C@H]1c1cnc2n[nH]nc2c1. The van der Waals surface area contributed by atoms with E-state index in [4.69, 9.17) is 5.11 Å². The van der Waals surface area contributed by atoms with Gasteiger partial charge in [-0.05, 0) is 17.0 Å². The maximum atomic E-state index is 11.1. The van der Waals surface area contributed by atoms with E-state index in [1.165, 1.54) is 0 Å². The van der Waals surface area contributed by atoms with E-state index in [2.05, 4.69) is 20.4 Å². The van der Waals surface area contributed by atoms with Crippen molar-refractivity contribution >= 4 is 17.1 Å². The van der Waals surface area contributed by atoms with Crippen molar-refractivity contribution in [3.8, 4) is 0 Å². The monoisotopic (exact) mass is 232 g/mol. The van der Waals surface area contributed by atoms with Crippen LogP contribution in [-0.2, 0) is 4.79 Å². The van der Waals surface area contributed by atoms with Crippen molar-refractivity contribution in [2.75, 3.05) is 0 Å². The number of aromatic nitrogens is 4. The van der Waals surface area contributed by atoms with Crippen LogP contribution in [0.2, 0.25) is 0 Å². The maximum absolute atomic E-state index is 11.1. The quantitative estimate of drug-likeness (QED) is 0.811. The molecule has 88 valence electrons. The summed E-state index contributed by atoms with van der Waals surface area (Å²) >= 11 is 0. The first kappa shape index (κ1) is 10.2. The van der Waals surface area contributed by atoms with Crippen molar-refractivity contribution in [1.82, 2.24) is 20.4 Å². The summed E-state index contributed by atoms with van der Waals surface area (Å²) in [6.07, 6.45) is 1.69. The lowest BCUT2D eigenvalue weighted by atomic mass is 10.0. The molecule has 2 aromatic heterocycles. The van der Waals surface area contributed by atoms with E-state index in [0.29, 0.717) is 11.2 Å². The first-order valence-electron chi connectivity index (χ1n) is 5.41. The molecule has 0 spiro atoms. The largest absolute Gasteiger partial charge is 0.481 e. The summed E-state index contributed by atoms with van der Waals surface area (Å²) in [5.41, 5.74) is 1.93. The third kappa shape index (κ3) is 1.33. The lowest BCUT2D eigenvalue weighted by Gasteiger charge is -2.01. The average Bonchev–Trinajstić information content (AvgIpc) is 2.66. The van der Waals surface area contributed by atoms with Crippen molar-refractivity contribution in [2.45, 2.75) is 19.8 Å². The Hall–Kier alpha value is -1.98. The molecule has 2 aromatic rings. The minimum atomic E-state index is -0.750. The number of fused-ring (bicyclic) bond motifs is 1. The number of rotatable bonds is 2. The van der Waals surface area contributed by atoms with Gasteiger partial charge in [-0.1, -0.05) is 13.8 Å². The van der Waals surface area contributed by atoms with Crippen LogP contribution >= 0.6 is 0 Å². The van der Waals surface area contributed by atoms with Gasteiger partial charge in [0.1, 0.15) is 5.52 Å². The van der Waals surface area contributed by atoms with E-state index in [1.807, 2.05) is 19.9 Å². The van der Waals surface area contributed by atoms with Gasteiger partial charge in [0.05, 0.1) is 5.92 Å². The average molecular weight is 232 g/mol. The van der Waals surface area contributed by atoms with Crippen molar-refractivity contribution in [2.24, 2.45) is 11.3 Å². The van der Waals surface area contributed by atoms with Crippen molar-refractivity contribution < 1.29 is 9.90 Å². The normalized spacial score (nSPS) is 26.0. The number of hydrogen-bond acceptors (Lipinski definition) is 4. The predicted octanol–water partition coefficient (Wildman–Crippen LogP) is 1.18. The molecule has 1 fully saturated rings. The molecule has 0 amide bonds. The number of aliphatic carboxylic acids is 1. The summed E-state index contributed by atoms with van der Waals surface area (Å²) in [6, 6.07) is 1.86. The Kier molecular flexibility index (Phi) is 1.81. The summed E-state index contributed by atoms with van der Waals surface area (Å²) in [4.78, 5) is 15.3. The van der Waals surface area contributed by atoms with E-state index in [0.717, 1.165) is 5.56 Å². The molecule has 1 saturated carbocycles. The number of pyridine rings is 1. The van der Waals surface area contributed by atoms with Gasteiger partial charge in [0, 0.05) is 12.1 Å². The Balaban J connectivity index is 2.02. The number of hydrogen-bond donors (Lipinski definition) is 2. The van der Waals surface area contributed by atoms with Crippen molar-refractivity contribution in [1.29, 1.82) is 0 Å². The van der Waals surface area contributed by atoms with Gasteiger partial charge in [0.2, 0.25) is 5.65 Å². The molecule has 6 heteroatoms. The van der Waals surface area contributed by atoms with Crippen LogP contribution in [0.3, 0.4) is 0 Å². The minimum Gasteiger partial charge on any atom is -0.481 e. The smallest absolute Gasteiger partial charge is 0.307 e. The fourth-order valence-corrected chi connectivity index (χ4v) is 2.65. The van der Waals surface area contributed by atoms with Gasteiger partial charge in [-0.3, -0.25) is 4.79 Å². The van der Waals surface area contributed by atoms with Gasteiger partial charge in [-0.25, -0.2) is 4.98 Å². The third-order valence-corrected chi connectivity index (χ3v) is 3.65. The topological polar surface area (TPSA) is 91.8 Å². The Morgan fingerprint density at radius 3 is 2.88 bits per heavy atom. The lowest BCUT2D eigenvalue weighted by molar-refractivity contribution is -0.139. The molecule has 0 unspecified atom stereocenters. The zero-order chi connectivity index (χ0) is 12.2. The third-order valence-electron chi connectivity index (χ3n) is 3.65. The highest BCUT2D eigenvalue weighted by Crippen LogP contribution is 2.64. The van der Waals surface area contributed by atoms with Crippen LogP contribution < -0.4 is 0 Å². The molecule has 0 saturated heterocycles. The number of carbonyl (C=O) groups is 1. The zero-order valence-corrected chi connectivity index (χ0v) is 9.51. The van der Waals surface area contributed by atoms with Gasteiger partial charge < -0.3 is 5.11 Å². The minimum absolute atomic E-state index is 0.00796. The maximum Gasteiger partial charge on any atom is 0.307 e. The highest BCUT2D eigenvalue weighted by molar-refractivity contribution is 5.78. The fourth-order valence-electron chi connectivity index (χ4n) is 2.65. The second-order valence-corrected chi connectivity index (χ2v) is 5.05. The van der Waals surface area contributed by atoms with Crippen LogP contribution in [-0.4, -0.2) is 31.5 Å². The number of nitrogens with one attached hydrogen (secondary N) is 1. The van der Waals surface area contributed by atoms with Crippen LogP contribution in [0.1, 0.15) is 25.3 Å². The molecule has 1 aliphatic carbocycles. The lowest BCUT2D eigenvalue weighted by Crippen LogP contribution is -2.03. The molecule has 2 N–H and O–H groups in total. The van der Waals surface area contributed by atoms with Crippen LogP contribution in [0.15, 0.2) is 12.3 Å². The molecule has 0 aliphatic heterocycles. The number of nitrogens with zero attached hydrogens (tertiary/aromatic N) is 3. The number of carboxylic acid groups (broad SMARTS) is 1. The van der Waals surface area contributed by atoms with E-state index in [9.17, 15) is 4.79 Å². The fraction of sp³-hybridized carbons (Fsp3) is 0.455. The first-order chi connectivity index (χ1) is 8.01. The molecule has 0 aromatic carbocycles. The highest BCUT2D eigenvalue weighted by Gasteiger charge is 2.62. The van der Waals surface area contributed by atoms with E-state index in [-0.39, 0.29) is 17.3 Å². The van der Waals surface area contributed by atoms with E-state index in [1.54, 1.807) is 6.20 Å². The standard InChI is InChI=1S/C11H12N4O2/c1-11(2)7(8(11)10(16)17)5-3-6-9(12-4-5)14-15-13-6/h3-4,7-8H,1-2H3,(H,16,17)(H,12,13,14,15)/t7-,8+/m1/s1. The molecule has 0 radical (unpaired) electrons. The summed E-state index contributed by atoms with van der Waals surface area (Å²) in [5.74, 6) is -1.08. The number of carboxylic acids is 1. The molecular weight excluding hydrogens is 220 g/mol. The van der Waals surface area contributed by atoms with Crippen molar-refractivity contribution in [3.63, 3.8) is 0 Å². The Morgan fingerprint density at radius 1 is 1.47 bits per heavy atom. The number of aromatic amines is 1. The van der Waals surface area contributed by atoms with Crippen LogP contribution in [0, 0.1) is 11.3 Å². The van der Waals surface area contributed by atoms with E-state index < -0.39 is 5.97 Å². The van der Waals surface area contributed by atoms with Gasteiger partial charge in [0.25, 0.3) is 0 Å². The van der Waals surface area contributed by atoms with Gasteiger partial charge in [0.15, 0.2) is 0 Å². The molecule has 2 atom stereocenters. The Labute approximate surface area is 97.1 Å². The van der Waals surface area contributed by atoms with Gasteiger partial charge >= 0.3 is 5.97 Å². The summed E-state index contributed by atoms with van der Waals surface area (Å²) < 4.78 is 0. The first-order valence-corrected chi connectivity index (χ1v) is 5.41. The van der Waals surface area contributed by atoms with Gasteiger partial charge in [-0.2, -0.15) is 10.3 Å². The van der Waals surface area contributed by atoms with Crippen LogP contribution in [0.5, 0.6) is 0 Å². The predicted molar refractivity (Wildman–Crippen MR) is 59.3 cm³/mol. The van der Waals surface area contributed by atoms with Crippen LogP contribution in [0.4, 0.5) is 0 Å². The summed E-state index contributed by atoms with van der Waals surface area (Å²) in [5, 5.41) is 19.5. The van der Waals surface area contributed by atoms with E-state index >= 15 is 0 Å². The Morgan fingerprint density at radius 2 is 2.24 bits per heavy atom. The molecule has 3 rings (SSSR count). The molecule has 2 heterocycles. The second kappa shape index (κ2) is 3.03. The van der Waals surface area contributed by atoms with Gasteiger partial charge in [-0.15, -0.1) is 5.10 Å².